The Morgan fingerprint density at radius 1 is 1.47 bits per heavy atom. The van der Waals surface area contributed by atoms with Gasteiger partial charge in [-0.15, -0.1) is 11.3 Å². The molecule has 1 amide bonds. The van der Waals surface area contributed by atoms with Gasteiger partial charge in [0, 0.05) is 22.3 Å². The van der Waals surface area contributed by atoms with Crippen LogP contribution in [0.15, 0.2) is 23.8 Å². The lowest BCUT2D eigenvalue weighted by Gasteiger charge is -2.06. The van der Waals surface area contributed by atoms with Crippen LogP contribution in [-0.4, -0.2) is 15.9 Å². The molecule has 2 heterocycles. The molecule has 5 nitrogen and oxygen atoms in total. The van der Waals surface area contributed by atoms with Crippen molar-refractivity contribution in [2.24, 2.45) is 0 Å². The van der Waals surface area contributed by atoms with Gasteiger partial charge in [-0.1, -0.05) is 13.3 Å². The van der Waals surface area contributed by atoms with Crippen LogP contribution in [0.4, 0.5) is 5.82 Å². The molecule has 0 radical (unpaired) electrons. The summed E-state index contributed by atoms with van der Waals surface area (Å²) in [6, 6.07) is 3.39. The fraction of sp³-hybridized carbons (Fsp3) is 0.308. The van der Waals surface area contributed by atoms with Crippen LogP contribution in [0.25, 0.3) is 0 Å². The Morgan fingerprint density at radius 3 is 3.00 bits per heavy atom. The van der Waals surface area contributed by atoms with Gasteiger partial charge in [-0.2, -0.15) is 0 Å². The highest BCUT2D eigenvalue weighted by atomic mass is 32.1. The van der Waals surface area contributed by atoms with E-state index >= 15 is 0 Å². The third-order valence-electron chi connectivity index (χ3n) is 2.57. The van der Waals surface area contributed by atoms with E-state index in [0.717, 1.165) is 23.4 Å². The standard InChI is InChI=1S/C13H16N4OS/c1-2-3-10-4-9(5-12(14)17-10)13(18)16-7-11-6-15-8-19-11/h4-6,8H,2-3,7H2,1H3,(H2,14,17)(H,16,18). The van der Waals surface area contributed by atoms with Crippen molar-refractivity contribution in [3.05, 3.63) is 40.0 Å². The van der Waals surface area contributed by atoms with Gasteiger partial charge in [-0.3, -0.25) is 9.78 Å². The molecule has 0 aliphatic heterocycles. The molecule has 19 heavy (non-hydrogen) atoms. The van der Waals surface area contributed by atoms with Crippen LogP contribution in [0.3, 0.4) is 0 Å². The van der Waals surface area contributed by atoms with Crippen LogP contribution < -0.4 is 11.1 Å². The van der Waals surface area contributed by atoms with Gasteiger partial charge in [-0.25, -0.2) is 4.98 Å². The molecule has 0 unspecified atom stereocenters. The number of anilines is 1. The highest BCUT2D eigenvalue weighted by Gasteiger charge is 2.09. The number of nitrogen functional groups attached to an aromatic ring is 1. The zero-order chi connectivity index (χ0) is 13.7. The Balaban J connectivity index is 2.05. The van der Waals surface area contributed by atoms with Crippen LogP contribution in [0.2, 0.25) is 0 Å². The van der Waals surface area contributed by atoms with Gasteiger partial charge in [0.05, 0.1) is 12.1 Å². The molecular weight excluding hydrogens is 260 g/mol. The van der Waals surface area contributed by atoms with Gasteiger partial charge < -0.3 is 11.1 Å². The summed E-state index contributed by atoms with van der Waals surface area (Å²) in [5.74, 6) is 0.244. The summed E-state index contributed by atoms with van der Waals surface area (Å²) < 4.78 is 0. The van der Waals surface area contributed by atoms with Crippen molar-refractivity contribution >= 4 is 23.1 Å². The zero-order valence-electron chi connectivity index (χ0n) is 10.7. The summed E-state index contributed by atoms with van der Waals surface area (Å²) in [5, 5.41) is 2.85. The van der Waals surface area contributed by atoms with E-state index in [0.29, 0.717) is 17.9 Å². The second-order valence-electron chi connectivity index (χ2n) is 4.17. The molecule has 100 valence electrons. The second-order valence-corrected chi connectivity index (χ2v) is 5.14. The first-order valence-electron chi connectivity index (χ1n) is 6.11. The van der Waals surface area contributed by atoms with Gasteiger partial charge in [0.2, 0.25) is 0 Å². The fourth-order valence-electron chi connectivity index (χ4n) is 1.73. The smallest absolute Gasteiger partial charge is 0.251 e. The molecule has 0 bridgehead atoms. The molecule has 0 aliphatic rings. The maximum Gasteiger partial charge on any atom is 0.251 e. The van der Waals surface area contributed by atoms with Crippen molar-refractivity contribution in [2.45, 2.75) is 26.3 Å². The lowest BCUT2D eigenvalue weighted by Crippen LogP contribution is -2.22. The Bertz CT molecular complexity index is 554. The van der Waals surface area contributed by atoms with Crippen molar-refractivity contribution in [3.8, 4) is 0 Å². The summed E-state index contributed by atoms with van der Waals surface area (Å²) in [4.78, 5) is 21.2. The van der Waals surface area contributed by atoms with Crippen LogP contribution in [-0.2, 0) is 13.0 Å². The molecule has 3 N–H and O–H groups in total. The van der Waals surface area contributed by atoms with E-state index in [9.17, 15) is 4.79 Å². The third-order valence-corrected chi connectivity index (χ3v) is 3.35. The number of nitrogens with zero attached hydrogens (tertiary/aromatic N) is 2. The van der Waals surface area contributed by atoms with Gasteiger partial charge in [0.1, 0.15) is 5.82 Å². The van der Waals surface area contributed by atoms with Crippen molar-refractivity contribution in [3.63, 3.8) is 0 Å². The number of thiazole rings is 1. The van der Waals surface area contributed by atoms with Crippen molar-refractivity contribution in [2.75, 3.05) is 5.73 Å². The van der Waals surface area contributed by atoms with Crippen LogP contribution in [0.5, 0.6) is 0 Å². The SMILES string of the molecule is CCCc1cc(C(=O)NCc2cncs2)cc(N)n1. The average Bonchev–Trinajstić information content (AvgIpc) is 2.88. The first-order chi connectivity index (χ1) is 9.19. The van der Waals surface area contributed by atoms with Gasteiger partial charge in [-0.05, 0) is 18.6 Å². The van der Waals surface area contributed by atoms with E-state index in [4.69, 9.17) is 5.73 Å². The van der Waals surface area contributed by atoms with Crippen LogP contribution in [0, 0.1) is 0 Å². The molecule has 6 heteroatoms. The Hall–Kier alpha value is -1.95. The summed E-state index contributed by atoms with van der Waals surface area (Å²) in [6.45, 7) is 2.54. The zero-order valence-corrected chi connectivity index (χ0v) is 11.5. The van der Waals surface area contributed by atoms with E-state index in [2.05, 4.69) is 22.2 Å². The number of aromatic nitrogens is 2. The second kappa shape index (κ2) is 6.29. The quantitative estimate of drug-likeness (QED) is 0.875. The highest BCUT2D eigenvalue weighted by molar-refractivity contribution is 7.09. The lowest BCUT2D eigenvalue weighted by atomic mass is 10.1. The average molecular weight is 276 g/mol. The maximum atomic E-state index is 12.0. The Kier molecular flexibility index (Phi) is 4.46. The molecule has 2 rings (SSSR count). The molecule has 2 aromatic rings. The van der Waals surface area contributed by atoms with Crippen molar-refractivity contribution < 1.29 is 4.79 Å². The Labute approximate surface area is 115 Å². The summed E-state index contributed by atoms with van der Waals surface area (Å²) >= 11 is 1.51. The van der Waals surface area contributed by atoms with Crippen LogP contribution >= 0.6 is 11.3 Å². The monoisotopic (exact) mass is 276 g/mol. The highest BCUT2D eigenvalue weighted by Crippen LogP contribution is 2.10. The Morgan fingerprint density at radius 2 is 2.32 bits per heavy atom. The van der Waals surface area contributed by atoms with Crippen molar-refractivity contribution in [1.82, 2.24) is 15.3 Å². The molecule has 2 aromatic heterocycles. The summed E-state index contributed by atoms with van der Waals surface area (Å²) in [6.07, 6.45) is 3.53. The number of hydrogen-bond acceptors (Lipinski definition) is 5. The molecule has 0 atom stereocenters. The van der Waals surface area contributed by atoms with Crippen LogP contribution in [0.1, 0.15) is 34.3 Å². The number of carbonyl (C=O) groups excluding carboxylic acids is 1. The van der Waals surface area contributed by atoms with Gasteiger partial charge >= 0.3 is 0 Å². The largest absolute Gasteiger partial charge is 0.384 e. The van der Waals surface area contributed by atoms with E-state index in [1.165, 1.54) is 11.3 Å². The van der Waals surface area contributed by atoms with Crippen molar-refractivity contribution in [1.29, 1.82) is 0 Å². The minimum absolute atomic E-state index is 0.139. The molecular formula is C13H16N4OS. The predicted octanol–water partition coefficient (Wildman–Crippen LogP) is 2.00. The number of nitrogens with one attached hydrogen (secondary N) is 1. The number of pyridine rings is 1. The third kappa shape index (κ3) is 3.75. The van der Waals surface area contributed by atoms with Gasteiger partial charge in [0.15, 0.2) is 0 Å². The number of rotatable bonds is 5. The predicted molar refractivity (Wildman–Crippen MR) is 75.9 cm³/mol. The molecule has 0 saturated carbocycles. The van der Waals surface area contributed by atoms with E-state index in [-0.39, 0.29) is 5.91 Å². The molecule has 0 aromatic carbocycles. The minimum Gasteiger partial charge on any atom is -0.384 e. The number of nitrogens with two attached hydrogens (primary N) is 1. The maximum absolute atomic E-state index is 12.0. The topological polar surface area (TPSA) is 80.9 Å². The minimum atomic E-state index is -0.139. The van der Waals surface area contributed by atoms with E-state index < -0.39 is 0 Å². The molecule has 0 saturated heterocycles. The molecule has 0 spiro atoms. The summed E-state index contributed by atoms with van der Waals surface area (Å²) in [7, 11) is 0. The number of hydrogen-bond donors (Lipinski definition) is 2. The molecule has 0 aliphatic carbocycles. The van der Waals surface area contributed by atoms with E-state index in [1.807, 2.05) is 0 Å². The van der Waals surface area contributed by atoms with Gasteiger partial charge in [0.25, 0.3) is 5.91 Å². The fourth-order valence-corrected chi connectivity index (χ4v) is 2.26. The number of carbonyl (C=O) groups is 1. The molecule has 0 fully saturated rings. The normalized spacial score (nSPS) is 10.4. The summed E-state index contributed by atoms with van der Waals surface area (Å²) in [5.41, 5.74) is 8.87. The first kappa shape index (κ1) is 13.5. The van der Waals surface area contributed by atoms with E-state index in [1.54, 1.807) is 23.8 Å². The first-order valence-corrected chi connectivity index (χ1v) is 6.99. The number of aryl methyl sites for hydroxylation is 1. The number of amides is 1. The lowest BCUT2D eigenvalue weighted by molar-refractivity contribution is 0.0951.